The maximum Gasteiger partial charge on any atom is 0.325 e. The first-order chi connectivity index (χ1) is 11.9. The Kier molecular flexibility index (Phi) is 5.02. The van der Waals surface area contributed by atoms with E-state index >= 15 is 0 Å². The van der Waals surface area contributed by atoms with Crippen LogP contribution in [-0.2, 0) is 17.8 Å². The first kappa shape index (κ1) is 17.8. The van der Waals surface area contributed by atoms with Crippen LogP contribution in [0.15, 0.2) is 48.5 Å². The molecule has 1 N–H and O–H groups in total. The molecule has 3 amide bonds. The highest BCUT2D eigenvalue weighted by molar-refractivity contribution is 6.36. The van der Waals surface area contributed by atoms with E-state index in [0.29, 0.717) is 28.5 Å². The highest BCUT2D eigenvalue weighted by Gasteiger charge is 2.47. The Hall–Kier alpha value is -2.04. The molecule has 1 aliphatic rings. The first-order valence-electron chi connectivity index (χ1n) is 8.02. The van der Waals surface area contributed by atoms with E-state index in [2.05, 4.69) is 5.32 Å². The molecular weight excluding hydrogens is 359 g/mol. The molecule has 3 rings (SSSR count). The number of carbonyl (C=O) groups excluding carboxylic acids is 2. The Morgan fingerprint density at radius 2 is 1.64 bits per heavy atom. The van der Waals surface area contributed by atoms with Gasteiger partial charge in [-0.2, -0.15) is 0 Å². The summed E-state index contributed by atoms with van der Waals surface area (Å²) in [5.74, 6) is -0.260. The number of hydrogen-bond donors (Lipinski definition) is 1. The summed E-state index contributed by atoms with van der Waals surface area (Å²) in [6.45, 7) is 1.81. The summed E-state index contributed by atoms with van der Waals surface area (Å²) >= 11 is 12.3. The van der Waals surface area contributed by atoms with Gasteiger partial charge in [0.15, 0.2) is 0 Å². The minimum atomic E-state index is -0.930. The molecule has 0 bridgehead atoms. The lowest BCUT2D eigenvalue weighted by Crippen LogP contribution is -2.44. The highest BCUT2D eigenvalue weighted by Crippen LogP contribution is 2.30. The molecule has 25 heavy (non-hydrogen) atoms. The lowest BCUT2D eigenvalue weighted by atomic mass is 9.93. The van der Waals surface area contributed by atoms with Crippen molar-refractivity contribution in [2.24, 2.45) is 0 Å². The minimum Gasteiger partial charge on any atom is -0.323 e. The number of amides is 3. The second-order valence-electron chi connectivity index (χ2n) is 6.34. The van der Waals surface area contributed by atoms with Crippen LogP contribution in [0.4, 0.5) is 4.79 Å². The second-order valence-corrected chi connectivity index (χ2v) is 7.15. The van der Waals surface area contributed by atoms with Gasteiger partial charge >= 0.3 is 6.03 Å². The average Bonchev–Trinajstić information content (AvgIpc) is 2.80. The van der Waals surface area contributed by atoms with E-state index < -0.39 is 11.6 Å². The topological polar surface area (TPSA) is 49.4 Å². The van der Waals surface area contributed by atoms with Gasteiger partial charge in [-0.3, -0.25) is 9.69 Å². The van der Waals surface area contributed by atoms with Crippen molar-refractivity contribution in [3.8, 4) is 0 Å². The SMILES string of the molecule is C[C@]1(CCc2ccccc2)NC(=O)N(Cc2c(Cl)cccc2Cl)C1=O. The Labute approximate surface area is 156 Å². The van der Waals surface area contributed by atoms with Gasteiger partial charge in [0.2, 0.25) is 0 Å². The standard InChI is InChI=1S/C19H18Cl2N2O2/c1-19(11-10-13-6-3-2-4-7-13)17(24)23(18(25)22-19)12-14-15(20)8-5-9-16(14)21/h2-9H,10-12H2,1H3,(H,22,25)/t19-/m1/s1. The molecular formula is C19H18Cl2N2O2. The summed E-state index contributed by atoms with van der Waals surface area (Å²) < 4.78 is 0. The molecule has 0 saturated carbocycles. The summed E-state index contributed by atoms with van der Waals surface area (Å²) in [4.78, 5) is 26.4. The zero-order valence-corrected chi connectivity index (χ0v) is 15.3. The number of imide groups is 1. The molecule has 0 aliphatic carbocycles. The third kappa shape index (κ3) is 3.65. The van der Waals surface area contributed by atoms with E-state index in [0.717, 1.165) is 5.56 Å². The molecule has 0 radical (unpaired) electrons. The van der Waals surface area contributed by atoms with E-state index in [4.69, 9.17) is 23.2 Å². The van der Waals surface area contributed by atoms with Gasteiger partial charge in [0, 0.05) is 15.6 Å². The van der Waals surface area contributed by atoms with Crippen molar-refractivity contribution < 1.29 is 9.59 Å². The Morgan fingerprint density at radius 1 is 1.00 bits per heavy atom. The summed E-state index contributed by atoms with van der Waals surface area (Å²) in [5.41, 5.74) is 0.765. The summed E-state index contributed by atoms with van der Waals surface area (Å²) in [6.07, 6.45) is 1.22. The Bertz CT molecular complexity index is 790. The zero-order valence-electron chi connectivity index (χ0n) is 13.8. The molecule has 1 atom stereocenters. The van der Waals surface area contributed by atoms with Gasteiger partial charge in [0.1, 0.15) is 5.54 Å². The summed E-state index contributed by atoms with van der Waals surface area (Å²) in [7, 11) is 0. The van der Waals surface area contributed by atoms with Crippen LogP contribution < -0.4 is 5.32 Å². The third-order valence-electron chi connectivity index (χ3n) is 4.48. The fraction of sp³-hybridized carbons (Fsp3) is 0.263. The number of nitrogens with one attached hydrogen (secondary N) is 1. The lowest BCUT2D eigenvalue weighted by molar-refractivity contribution is -0.131. The number of hydrogen-bond acceptors (Lipinski definition) is 2. The number of halogens is 2. The van der Waals surface area contributed by atoms with Crippen molar-refractivity contribution >= 4 is 35.1 Å². The fourth-order valence-electron chi connectivity index (χ4n) is 2.94. The molecule has 0 unspecified atom stereocenters. The van der Waals surface area contributed by atoms with Crippen molar-refractivity contribution in [3.05, 3.63) is 69.7 Å². The maximum absolute atomic E-state index is 12.8. The van der Waals surface area contributed by atoms with Gasteiger partial charge in [0.25, 0.3) is 5.91 Å². The van der Waals surface area contributed by atoms with Crippen LogP contribution in [0.2, 0.25) is 10.0 Å². The number of urea groups is 1. The van der Waals surface area contributed by atoms with Crippen molar-refractivity contribution in [1.82, 2.24) is 10.2 Å². The number of rotatable bonds is 5. The fourth-order valence-corrected chi connectivity index (χ4v) is 3.46. The number of carbonyl (C=O) groups is 2. The predicted molar refractivity (Wildman–Crippen MR) is 98.7 cm³/mol. The monoisotopic (exact) mass is 376 g/mol. The molecule has 1 fully saturated rings. The molecule has 6 heteroatoms. The normalized spacial score (nSPS) is 20.0. The van der Waals surface area contributed by atoms with Gasteiger partial charge in [-0.15, -0.1) is 0 Å². The number of benzene rings is 2. The quantitative estimate of drug-likeness (QED) is 0.784. The van der Waals surface area contributed by atoms with Gasteiger partial charge in [-0.1, -0.05) is 59.6 Å². The van der Waals surface area contributed by atoms with Crippen LogP contribution in [0, 0.1) is 0 Å². The molecule has 2 aromatic carbocycles. The molecule has 1 saturated heterocycles. The largest absolute Gasteiger partial charge is 0.325 e. The minimum absolute atomic E-state index is 0.0596. The summed E-state index contributed by atoms with van der Waals surface area (Å²) in [6, 6.07) is 14.6. The third-order valence-corrected chi connectivity index (χ3v) is 5.19. The van der Waals surface area contributed by atoms with E-state index in [1.807, 2.05) is 30.3 Å². The van der Waals surface area contributed by atoms with E-state index in [1.54, 1.807) is 25.1 Å². The molecule has 0 aromatic heterocycles. The molecule has 1 aliphatic heterocycles. The van der Waals surface area contributed by atoms with Gasteiger partial charge in [-0.05, 0) is 37.5 Å². The van der Waals surface area contributed by atoms with Crippen LogP contribution in [0.1, 0.15) is 24.5 Å². The molecule has 0 spiro atoms. The van der Waals surface area contributed by atoms with Crippen molar-refractivity contribution in [2.75, 3.05) is 0 Å². The van der Waals surface area contributed by atoms with Crippen LogP contribution in [0.5, 0.6) is 0 Å². The zero-order chi connectivity index (χ0) is 18.0. The highest BCUT2D eigenvalue weighted by atomic mass is 35.5. The van der Waals surface area contributed by atoms with Gasteiger partial charge in [0.05, 0.1) is 6.54 Å². The van der Waals surface area contributed by atoms with Gasteiger partial charge < -0.3 is 5.32 Å². The van der Waals surface area contributed by atoms with Crippen LogP contribution >= 0.6 is 23.2 Å². The molecule has 4 nitrogen and oxygen atoms in total. The smallest absolute Gasteiger partial charge is 0.323 e. The maximum atomic E-state index is 12.8. The summed E-state index contributed by atoms with van der Waals surface area (Å²) in [5, 5.41) is 3.68. The lowest BCUT2D eigenvalue weighted by Gasteiger charge is -2.22. The van der Waals surface area contributed by atoms with Crippen molar-refractivity contribution in [3.63, 3.8) is 0 Å². The van der Waals surface area contributed by atoms with E-state index in [9.17, 15) is 9.59 Å². The second kappa shape index (κ2) is 7.06. The molecule has 1 heterocycles. The first-order valence-corrected chi connectivity index (χ1v) is 8.77. The van der Waals surface area contributed by atoms with Crippen molar-refractivity contribution in [1.29, 1.82) is 0 Å². The number of nitrogens with zero attached hydrogens (tertiary/aromatic N) is 1. The van der Waals surface area contributed by atoms with Crippen LogP contribution in [0.25, 0.3) is 0 Å². The van der Waals surface area contributed by atoms with Gasteiger partial charge in [-0.25, -0.2) is 4.79 Å². The van der Waals surface area contributed by atoms with E-state index in [-0.39, 0.29) is 12.5 Å². The Morgan fingerprint density at radius 3 is 2.28 bits per heavy atom. The average molecular weight is 377 g/mol. The van der Waals surface area contributed by atoms with E-state index in [1.165, 1.54) is 4.90 Å². The van der Waals surface area contributed by atoms with Crippen LogP contribution in [0.3, 0.4) is 0 Å². The molecule has 130 valence electrons. The predicted octanol–water partition coefficient (Wildman–Crippen LogP) is 4.44. The molecule has 2 aromatic rings. The Balaban J connectivity index is 1.75. The van der Waals surface area contributed by atoms with Crippen LogP contribution in [-0.4, -0.2) is 22.4 Å². The number of aryl methyl sites for hydroxylation is 1. The van der Waals surface area contributed by atoms with Crippen molar-refractivity contribution in [2.45, 2.75) is 31.8 Å².